The second-order valence-electron chi connectivity index (χ2n) is 5.55. The fraction of sp³-hybridized carbons (Fsp3) is 0.923. The quantitative estimate of drug-likeness (QED) is 0.802. The van der Waals surface area contributed by atoms with Crippen LogP contribution in [0.15, 0.2) is 0 Å². The number of carboxylic acid groups (broad SMARTS) is 1. The molecular formula is C13H25NO2. The van der Waals surface area contributed by atoms with Crippen molar-refractivity contribution in [1.29, 1.82) is 0 Å². The van der Waals surface area contributed by atoms with E-state index in [-0.39, 0.29) is 5.92 Å². The minimum atomic E-state index is -0.692. The summed E-state index contributed by atoms with van der Waals surface area (Å²) in [6.45, 7) is 7.04. The van der Waals surface area contributed by atoms with Gasteiger partial charge in [-0.3, -0.25) is 4.79 Å². The van der Waals surface area contributed by atoms with E-state index < -0.39 is 5.97 Å². The van der Waals surface area contributed by atoms with Crippen molar-refractivity contribution >= 4 is 5.97 Å². The molecule has 0 aromatic heterocycles. The lowest BCUT2D eigenvalue weighted by Crippen LogP contribution is -2.46. The lowest BCUT2D eigenvalue weighted by molar-refractivity contribution is -0.142. The highest BCUT2D eigenvalue weighted by molar-refractivity contribution is 5.69. The van der Waals surface area contributed by atoms with Gasteiger partial charge in [0, 0.05) is 12.6 Å². The van der Waals surface area contributed by atoms with Crippen LogP contribution in [0.5, 0.6) is 0 Å². The lowest BCUT2D eigenvalue weighted by Gasteiger charge is -2.41. The molecule has 0 heterocycles. The Hall–Kier alpha value is -0.570. The molecule has 0 aromatic rings. The van der Waals surface area contributed by atoms with E-state index in [1.807, 2.05) is 0 Å². The van der Waals surface area contributed by atoms with Crippen LogP contribution < -0.4 is 0 Å². The molecule has 94 valence electrons. The van der Waals surface area contributed by atoms with Gasteiger partial charge in [0.15, 0.2) is 0 Å². The molecule has 16 heavy (non-hydrogen) atoms. The molecule has 0 aromatic carbocycles. The zero-order valence-corrected chi connectivity index (χ0v) is 10.9. The number of aliphatic carboxylic acids is 1. The van der Waals surface area contributed by atoms with Crippen LogP contribution in [0.25, 0.3) is 0 Å². The fourth-order valence-electron chi connectivity index (χ4n) is 3.16. The average molecular weight is 227 g/mol. The van der Waals surface area contributed by atoms with Crippen LogP contribution in [0.1, 0.15) is 40.0 Å². The van der Waals surface area contributed by atoms with E-state index in [4.69, 9.17) is 5.11 Å². The summed E-state index contributed by atoms with van der Waals surface area (Å²) in [5.74, 6) is 0.416. The molecule has 0 radical (unpaired) electrons. The van der Waals surface area contributed by atoms with Crippen molar-refractivity contribution in [3.8, 4) is 0 Å². The zero-order chi connectivity index (χ0) is 12.3. The molecule has 0 spiro atoms. The van der Waals surface area contributed by atoms with Crippen LogP contribution in [0.2, 0.25) is 0 Å². The van der Waals surface area contributed by atoms with Crippen LogP contribution in [0.3, 0.4) is 0 Å². The molecule has 1 aliphatic rings. The summed E-state index contributed by atoms with van der Waals surface area (Å²) in [4.78, 5) is 13.1. The summed E-state index contributed by atoms with van der Waals surface area (Å²) in [5, 5.41) is 8.93. The molecule has 0 aliphatic heterocycles. The maximum Gasteiger partial charge on any atom is 0.307 e. The summed E-state index contributed by atoms with van der Waals surface area (Å²) in [6.07, 6.45) is 3.88. The first kappa shape index (κ1) is 13.5. The Morgan fingerprint density at radius 2 is 1.88 bits per heavy atom. The van der Waals surface area contributed by atoms with Crippen molar-refractivity contribution in [3.05, 3.63) is 0 Å². The number of carbonyl (C=O) groups is 1. The Morgan fingerprint density at radius 3 is 2.31 bits per heavy atom. The topological polar surface area (TPSA) is 40.5 Å². The third-order valence-corrected chi connectivity index (χ3v) is 3.98. The predicted octanol–water partition coefficient (Wildman–Crippen LogP) is 2.46. The first-order valence-electron chi connectivity index (χ1n) is 6.36. The summed E-state index contributed by atoms with van der Waals surface area (Å²) in [7, 11) is 2.07. The number of rotatable bonds is 4. The van der Waals surface area contributed by atoms with E-state index in [1.54, 1.807) is 6.92 Å². The number of nitrogens with zero attached hydrogens (tertiary/aromatic N) is 1. The van der Waals surface area contributed by atoms with Gasteiger partial charge in [0.05, 0.1) is 5.92 Å². The van der Waals surface area contributed by atoms with E-state index in [0.29, 0.717) is 24.4 Å². The van der Waals surface area contributed by atoms with Gasteiger partial charge in [0.1, 0.15) is 0 Å². The van der Waals surface area contributed by atoms with Gasteiger partial charge in [-0.15, -0.1) is 0 Å². The normalized spacial score (nSPS) is 32.7. The molecule has 1 rings (SSSR count). The predicted molar refractivity (Wildman–Crippen MR) is 65.4 cm³/mol. The third kappa shape index (κ3) is 3.21. The van der Waals surface area contributed by atoms with Gasteiger partial charge in [-0.05, 0) is 31.7 Å². The number of hydrogen-bond acceptors (Lipinski definition) is 2. The molecule has 1 fully saturated rings. The number of carboxylic acids is 1. The van der Waals surface area contributed by atoms with Gasteiger partial charge in [-0.1, -0.05) is 27.2 Å². The molecule has 3 atom stereocenters. The molecule has 1 N–H and O–H groups in total. The van der Waals surface area contributed by atoms with Gasteiger partial charge in [0.25, 0.3) is 0 Å². The first-order chi connectivity index (χ1) is 7.43. The van der Waals surface area contributed by atoms with Crippen LogP contribution in [0.4, 0.5) is 0 Å². The molecule has 1 aliphatic carbocycles. The molecule has 3 unspecified atom stereocenters. The van der Waals surface area contributed by atoms with E-state index in [2.05, 4.69) is 25.8 Å². The van der Waals surface area contributed by atoms with E-state index in [1.165, 1.54) is 19.3 Å². The van der Waals surface area contributed by atoms with E-state index in [0.717, 1.165) is 0 Å². The zero-order valence-electron chi connectivity index (χ0n) is 10.9. The summed E-state index contributed by atoms with van der Waals surface area (Å²) < 4.78 is 0. The number of hydrogen-bond donors (Lipinski definition) is 1. The van der Waals surface area contributed by atoms with Gasteiger partial charge in [-0.2, -0.15) is 0 Å². The monoisotopic (exact) mass is 227 g/mol. The largest absolute Gasteiger partial charge is 0.481 e. The second kappa shape index (κ2) is 5.67. The standard InChI is InChI=1S/C13H25NO2/c1-9-6-5-7-10(2)12(9)14(4)8-11(3)13(15)16/h9-12H,5-8H2,1-4H3,(H,15,16). The molecule has 0 amide bonds. The maximum atomic E-state index is 10.9. The first-order valence-corrected chi connectivity index (χ1v) is 6.36. The van der Waals surface area contributed by atoms with E-state index >= 15 is 0 Å². The maximum absolute atomic E-state index is 10.9. The van der Waals surface area contributed by atoms with Gasteiger partial charge < -0.3 is 10.0 Å². The van der Waals surface area contributed by atoms with Crippen molar-refractivity contribution in [3.63, 3.8) is 0 Å². The summed E-state index contributed by atoms with van der Waals surface area (Å²) >= 11 is 0. The second-order valence-corrected chi connectivity index (χ2v) is 5.55. The van der Waals surface area contributed by atoms with Crippen LogP contribution in [-0.2, 0) is 4.79 Å². The van der Waals surface area contributed by atoms with Crippen molar-refractivity contribution < 1.29 is 9.90 Å². The summed E-state index contributed by atoms with van der Waals surface area (Å²) in [5.41, 5.74) is 0. The van der Waals surface area contributed by atoms with Gasteiger partial charge in [-0.25, -0.2) is 0 Å². The van der Waals surface area contributed by atoms with Crippen molar-refractivity contribution in [2.75, 3.05) is 13.6 Å². The SMILES string of the molecule is CC(CN(C)C1C(C)CCCC1C)C(=O)O. The highest BCUT2D eigenvalue weighted by Gasteiger charge is 2.31. The van der Waals surface area contributed by atoms with Crippen LogP contribution >= 0.6 is 0 Å². The molecular weight excluding hydrogens is 202 g/mol. The molecule has 0 saturated heterocycles. The smallest absolute Gasteiger partial charge is 0.307 e. The Kier molecular flexibility index (Phi) is 4.78. The van der Waals surface area contributed by atoms with Crippen LogP contribution in [-0.4, -0.2) is 35.6 Å². The fourth-order valence-corrected chi connectivity index (χ4v) is 3.16. The highest BCUT2D eigenvalue weighted by atomic mass is 16.4. The molecule has 0 bridgehead atoms. The summed E-state index contributed by atoms with van der Waals surface area (Å²) in [6, 6.07) is 0.551. The van der Waals surface area contributed by atoms with Gasteiger partial charge in [0.2, 0.25) is 0 Å². The third-order valence-electron chi connectivity index (χ3n) is 3.98. The van der Waals surface area contributed by atoms with E-state index in [9.17, 15) is 4.79 Å². The molecule has 3 nitrogen and oxygen atoms in total. The van der Waals surface area contributed by atoms with Gasteiger partial charge >= 0.3 is 5.97 Å². The average Bonchev–Trinajstić information content (AvgIpc) is 2.16. The Bertz CT molecular complexity index is 232. The molecule has 1 saturated carbocycles. The Labute approximate surface area is 98.8 Å². The van der Waals surface area contributed by atoms with Crippen molar-refractivity contribution in [2.45, 2.75) is 46.1 Å². The minimum Gasteiger partial charge on any atom is -0.481 e. The Balaban J connectivity index is 2.56. The van der Waals surface area contributed by atoms with Crippen molar-refractivity contribution in [2.24, 2.45) is 17.8 Å². The lowest BCUT2D eigenvalue weighted by atomic mass is 9.78. The van der Waals surface area contributed by atoms with Crippen LogP contribution in [0, 0.1) is 17.8 Å². The Morgan fingerprint density at radius 1 is 1.38 bits per heavy atom. The minimum absolute atomic E-state index is 0.272. The van der Waals surface area contributed by atoms with Crippen molar-refractivity contribution in [1.82, 2.24) is 4.90 Å². The molecule has 3 heteroatoms. The highest BCUT2D eigenvalue weighted by Crippen LogP contribution is 2.32.